The fourth-order valence-corrected chi connectivity index (χ4v) is 2.58. The summed E-state index contributed by atoms with van der Waals surface area (Å²) in [4.78, 5) is 4.71. The number of aromatic nitrogens is 2. The Kier molecular flexibility index (Phi) is 3.71. The van der Waals surface area contributed by atoms with Crippen LogP contribution in [0.2, 0.25) is 0 Å². The van der Waals surface area contributed by atoms with Crippen molar-refractivity contribution in [3.8, 4) is 11.3 Å². The van der Waals surface area contributed by atoms with Gasteiger partial charge in [0.05, 0.1) is 11.4 Å². The minimum atomic E-state index is -0.189. The van der Waals surface area contributed by atoms with Gasteiger partial charge in [-0.1, -0.05) is 6.07 Å². The van der Waals surface area contributed by atoms with Crippen LogP contribution in [0.25, 0.3) is 16.9 Å². The van der Waals surface area contributed by atoms with Crippen LogP contribution in [0.5, 0.6) is 0 Å². The molecule has 0 fully saturated rings. The van der Waals surface area contributed by atoms with E-state index in [1.54, 1.807) is 13.0 Å². The lowest BCUT2D eigenvalue weighted by atomic mass is 10.0. The molecule has 2 aromatic heterocycles. The van der Waals surface area contributed by atoms with E-state index in [-0.39, 0.29) is 5.82 Å². The molecule has 0 saturated carbocycles. The Morgan fingerprint density at radius 1 is 1.24 bits per heavy atom. The summed E-state index contributed by atoms with van der Waals surface area (Å²) < 4.78 is 15.6. The number of benzene rings is 1. The number of hydrogen-bond donors (Lipinski definition) is 1. The Balaban J connectivity index is 2.17. The fourth-order valence-electron chi connectivity index (χ4n) is 2.58. The summed E-state index contributed by atoms with van der Waals surface area (Å²) in [7, 11) is 0. The Bertz CT molecular complexity index is 777. The minimum absolute atomic E-state index is 0.189. The van der Waals surface area contributed by atoms with Crippen LogP contribution in [0, 0.1) is 12.7 Å². The number of nitrogens with two attached hydrogens (primary N) is 1. The largest absolute Gasteiger partial charge is 0.330 e. The van der Waals surface area contributed by atoms with E-state index in [0.717, 1.165) is 35.4 Å². The van der Waals surface area contributed by atoms with Gasteiger partial charge in [0.2, 0.25) is 0 Å². The number of imidazole rings is 1. The quantitative estimate of drug-likeness (QED) is 0.798. The highest BCUT2D eigenvalue weighted by Crippen LogP contribution is 2.27. The molecular weight excluding hydrogens is 265 g/mol. The Morgan fingerprint density at radius 3 is 2.86 bits per heavy atom. The number of aryl methyl sites for hydroxylation is 2. The van der Waals surface area contributed by atoms with E-state index in [4.69, 9.17) is 10.7 Å². The maximum atomic E-state index is 13.5. The van der Waals surface area contributed by atoms with Crippen LogP contribution < -0.4 is 5.73 Å². The Hall–Kier alpha value is -2.20. The molecule has 4 heteroatoms. The topological polar surface area (TPSA) is 43.3 Å². The third kappa shape index (κ3) is 2.54. The second-order valence-corrected chi connectivity index (χ2v) is 5.19. The van der Waals surface area contributed by atoms with Gasteiger partial charge in [-0.3, -0.25) is 0 Å². The number of hydrogen-bond acceptors (Lipinski definition) is 2. The normalized spacial score (nSPS) is 11.2. The molecule has 0 aliphatic carbocycles. The van der Waals surface area contributed by atoms with Crippen molar-refractivity contribution in [3.63, 3.8) is 0 Å². The number of pyridine rings is 1. The molecule has 0 spiro atoms. The lowest BCUT2D eigenvalue weighted by molar-refractivity contribution is 0.618. The van der Waals surface area contributed by atoms with Gasteiger partial charge in [0.1, 0.15) is 11.5 Å². The fraction of sp³-hybridized carbons (Fsp3) is 0.235. The van der Waals surface area contributed by atoms with Crippen molar-refractivity contribution in [2.75, 3.05) is 6.54 Å². The van der Waals surface area contributed by atoms with E-state index >= 15 is 0 Å². The van der Waals surface area contributed by atoms with Crippen molar-refractivity contribution in [2.45, 2.75) is 19.8 Å². The highest BCUT2D eigenvalue weighted by molar-refractivity contribution is 5.67. The van der Waals surface area contributed by atoms with Gasteiger partial charge in [-0.25, -0.2) is 9.37 Å². The molecule has 3 aromatic rings. The van der Waals surface area contributed by atoms with E-state index in [1.807, 2.05) is 30.5 Å². The van der Waals surface area contributed by atoms with Gasteiger partial charge in [0.15, 0.2) is 0 Å². The highest BCUT2D eigenvalue weighted by atomic mass is 19.1. The first-order valence-electron chi connectivity index (χ1n) is 7.13. The molecule has 2 N–H and O–H groups in total. The molecule has 0 aliphatic rings. The minimum Gasteiger partial charge on any atom is -0.330 e. The van der Waals surface area contributed by atoms with Gasteiger partial charge in [0.25, 0.3) is 0 Å². The van der Waals surface area contributed by atoms with Crippen molar-refractivity contribution in [1.82, 2.24) is 9.38 Å². The zero-order chi connectivity index (χ0) is 14.8. The zero-order valence-corrected chi connectivity index (χ0v) is 12.0. The van der Waals surface area contributed by atoms with Gasteiger partial charge in [0, 0.05) is 11.8 Å². The lowest BCUT2D eigenvalue weighted by Gasteiger charge is -2.06. The summed E-state index contributed by atoms with van der Waals surface area (Å²) in [6, 6.07) is 11.1. The Morgan fingerprint density at radius 2 is 2.10 bits per heavy atom. The lowest BCUT2D eigenvalue weighted by Crippen LogP contribution is -2.03. The second kappa shape index (κ2) is 5.66. The number of rotatable bonds is 4. The summed E-state index contributed by atoms with van der Waals surface area (Å²) in [6.07, 6.45) is 3.76. The van der Waals surface area contributed by atoms with E-state index in [0.29, 0.717) is 12.1 Å². The van der Waals surface area contributed by atoms with Gasteiger partial charge in [-0.2, -0.15) is 0 Å². The first-order valence-corrected chi connectivity index (χ1v) is 7.13. The van der Waals surface area contributed by atoms with E-state index in [2.05, 4.69) is 4.40 Å². The molecule has 0 atom stereocenters. The van der Waals surface area contributed by atoms with Crippen molar-refractivity contribution >= 4 is 5.65 Å². The van der Waals surface area contributed by atoms with Crippen LogP contribution in [0.1, 0.15) is 17.7 Å². The summed E-state index contributed by atoms with van der Waals surface area (Å²) in [6.45, 7) is 2.41. The molecule has 21 heavy (non-hydrogen) atoms. The summed E-state index contributed by atoms with van der Waals surface area (Å²) in [5.41, 5.74) is 10.2. The smallest absolute Gasteiger partial charge is 0.137 e. The predicted molar refractivity (Wildman–Crippen MR) is 82.7 cm³/mol. The standard InChI is InChI=1S/C17H18FN3/c1-12-11-13(7-8-14(12)18)17-15(5-4-9-19)21-10-3-2-6-16(21)20-17/h2-3,6-8,10-11H,4-5,9,19H2,1H3. The monoisotopic (exact) mass is 283 g/mol. The van der Waals surface area contributed by atoms with Crippen LogP contribution in [0.15, 0.2) is 42.6 Å². The van der Waals surface area contributed by atoms with Crippen molar-refractivity contribution in [1.29, 1.82) is 0 Å². The van der Waals surface area contributed by atoms with E-state index in [9.17, 15) is 4.39 Å². The maximum Gasteiger partial charge on any atom is 0.137 e. The number of nitrogens with zero attached hydrogens (tertiary/aromatic N) is 2. The SMILES string of the molecule is Cc1cc(-c2nc3ccccn3c2CCCN)ccc1F. The van der Waals surface area contributed by atoms with Crippen LogP contribution in [0.3, 0.4) is 0 Å². The summed E-state index contributed by atoms with van der Waals surface area (Å²) in [5, 5.41) is 0. The average molecular weight is 283 g/mol. The van der Waals surface area contributed by atoms with Crippen LogP contribution in [-0.4, -0.2) is 15.9 Å². The molecular formula is C17H18FN3. The zero-order valence-electron chi connectivity index (χ0n) is 12.0. The third-order valence-corrected chi connectivity index (χ3v) is 3.68. The van der Waals surface area contributed by atoms with Gasteiger partial charge in [-0.15, -0.1) is 0 Å². The first kappa shape index (κ1) is 13.8. The van der Waals surface area contributed by atoms with Crippen molar-refractivity contribution < 1.29 is 4.39 Å². The second-order valence-electron chi connectivity index (χ2n) is 5.19. The molecule has 3 rings (SSSR count). The molecule has 0 amide bonds. The van der Waals surface area contributed by atoms with Crippen LogP contribution in [0.4, 0.5) is 4.39 Å². The predicted octanol–water partition coefficient (Wildman–Crippen LogP) is 3.34. The molecule has 0 unspecified atom stereocenters. The molecule has 0 radical (unpaired) electrons. The molecule has 0 bridgehead atoms. The van der Waals surface area contributed by atoms with Crippen LogP contribution in [-0.2, 0) is 6.42 Å². The molecule has 0 aliphatic heterocycles. The Labute approximate surface area is 123 Å². The molecule has 1 aromatic carbocycles. The van der Waals surface area contributed by atoms with E-state index < -0.39 is 0 Å². The molecule has 2 heterocycles. The first-order chi connectivity index (χ1) is 10.2. The molecule has 108 valence electrons. The average Bonchev–Trinajstić information content (AvgIpc) is 2.86. The van der Waals surface area contributed by atoms with Crippen molar-refractivity contribution in [3.05, 3.63) is 59.7 Å². The highest BCUT2D eigenvalue weighted by Gasteiger charge is 2.14. The number of fused-ring (bicyclic) bond motifs is 1. The van der Waals surface area contributed by atoms with Gasteiger partial charge < -0.3 is 10.1 Å². The molecule has 0 saturated heterocycles. The van der Waals surface area contributed by atoms with Gasteiger partial charge in [-0.05, 0) is 62.2 Å². The summed E-state index contributed by atoms with van der Waals surface area (Å²) >= 11 is 0. The molecule has 3 nitrogen and oxygen atoms in total. The van der Waals surface area contributed by atoms with Crippen molar-refractivity contribution in [2.24, 2.45) is 5.73 Å². The maximum absolute atomic E-state index is 13.5. The van der Waals surface area contributed by atoms with Gasteiger partial charge >= 0.3 is 0 Å². The van der Waals surface area contributed by atoms with E-state index in [1.165, 1.54) is 6.07 Å². The number of halogens is 1. The summed E-state index contributed by atoms with van der Waals surface area (Å²) in [5.74, 6) is -0.189. The third-order valence-electron chi connectivity index (χ3n) is 3.68. The van der Waals surface area contributed by atoms with Crippen LogP contribution >= 0.6 is 0 Å².